The highest BCUT2D eigenvalue weighted by atomic mass is 15.3. The molecule has 0 aliphatic carbocycles. The van der Waals surface area contributed by atoms with Crippen LogP contribution in [0, 0.1) is 6.92 Å². The SMILES string of the molecule is Cc1cccc2nc(CCc3nc(-c4ccccc4)cn3CCN3CCCCC3)nn12. The maximum atomic E-state index is 5.01. The monoisotopic (exact) mass is 414 g/mol. The molecule has 1 aliphatic rings. The van der Waals surface area contributed by atoms with Crippen molar-refractivity contribution >= 4 is 5.65 Å². The van der Waals surface area contributed by atoms with Gasteiger partial charge in [-0.05, 0) is 45.0 Å². The Balaban J connectivity index is 1.35. The molecule has 1 aromatic carbocycles. The minimum Gasteiger partial charge on any atom is -0.333 e. The molecule has 1 fully saturated rings. The van der Waals surface area contributed by atoms with Crippen LogP contribution in [0.3, 0.4) is 0 Å². The molecule has 1 saturated heterocycles. The van der Waals surface area contributed by atoms with Gasteiger partial charge in [0, 0.05) is 43.4 Å². The molecule has 0 radical (unpaired) electrons. The van der Waals surface area contributed by atoms with Crippen LogP contribution in [0.4, 0.5) is 0 Å². The van der Waals surface area contributed by atoms with Gasteiger partial charge in [0.15, 0.2) is 11.5 Å². The van der Waals surface area contributed by atoms with Crippen LogP contribution in [0.25, 0.3) is 16.9 Å². The minimum atomic E-state index is 0.788. The number of likely N-dealkylation sites (tertiary alicyclic amines) is 1. The average Bonchev–Trinajstić information content (AvgIpc) is 3.42. The summed E-state index contributed by atoms with van der Waals surface area (Å²) in [6.07, 6.45) is 7.86. The molecule has 0 unspecified atom stereocenters. The Hall–Kier alpha value is -2.99. The van der Waals surface area contributed by atoms with E-state index in [9.17, 15) is 0 Å². The Morgan fingerprint density at radius 2 is 1.68 bits per heavy atom. The van der Waals surface area contributed by atoms with Crippen molar-refractivity contribution in [3.05, 3.63) is 72.1 Å². The van der Waals surface area contributed by atoms with Gasteiger partial charge in [0.05, 0.1) is 5.69 Å². The van der Waals surface area contributed by atoms with Crippen LogP contribution in [0.1, 0.15) is 36.6 Å². The fraction of sp³-hybridized carbons (Fsp3) is 0.400. The second-order valence-corrected chi connectivity index (χ2v) is 8.47. The van der Waals surface area contributed by atoms with E-state index in [1.807, 2.05) is 16.6 Å². The lowest BCUT2D eigenvalue weighted by molar-refractivity contribution is 0.220. The van der Waals surface area contributed by atoms with Crippen LogP contribution in [0.5, 0.6) is 0 Å². The van der Waals surface area contributed by atoms with Crippen molar-refractivity contribution in [1.29, 1.82) is 0 Å². The molecule has 31 heavy (non-hydrogen) atoms. The maximum Gasteiger partial charge on any atom is 0.155 e. The van der Waals surface area contributed by atoms with E-state index in [2.05, 4.69) is 59.0 Å². The molecule has 0 atom stereocenters. The highest BCUT2D eigenvalue weighted by Gasteiger charge is 2.14. The van der Waals surface area contributed by atoms with E-state index in [1.54, 1.807) is 0 Å². The topological polar surface area (TPSA) is 51.2 Å². The number of nitrogens with zero attached hydrogens (tertiary/aromatic N) is 6. The van der Waals surface area contributed by atoms with Crippen molar-refractivity contribution in [2.24, 2.45) is 0 Å². The summed E-state index contributed by atoms with van der Waals surface area (Å²) >= 11 is 0. The van der Waals surface area contributed by atoms with Crippen molar-refractivity contribution in [2.75, 3.05) is 19.6 Å². The number of imidazole rings is 1. The standard InChI is InChI=1S/C25H30N6/c1-20-9-8-12-25-27-23(28-31(20)25)13-14-24-26-22(21-10-4-2-5-11-21)19-30(24)18-17-29-15-6-3-7-16-29/h2,4-5,8-12,19H,3,6-7,13-18H2,1H3. The first-order valence-corrected chi connectivity index (χ1v) is 11.4. The van der Waals surface area contributed by atoms with Crippen LogP contribution in [0.15, 0.2) is 54.7 Å². The third-order valence-electron chi connectivity index (χ3n) is 6.20. The Kier molecular flexibility index (Phi) is 5.80. The number of benzene rings is 1. The van der Waals surface area contributed by atoms with Crippen molar-refractivity contribution in [2.45, 2.75) is 45.6 Å². The lowest BCUT2D eigenvalue weighted by atomic mass is 10.1. The Morgan fingerprint density at radius 1 is 0.839 bits per heavy atom. The fourth-order valence-corrected chi connectivity index (χ4v) is 4.44. The first-order valence-electron chi connectivity index (χ1n) is 11.4. The van der Waals surface area contributed by atoms with Crippen LogP contribution in [0.2, 0.25) is 0 Å². The summed E-state index contributed by atoms with van der Waals surface area (Å²) in [6.45, 7) is 6.57. The second kappa shape index (κ2) is 9.02. The molecule has 4 heterocycles. The highest BCUT2D eigenvalue weighted by molar-refractivity contribution is 5.58. The van der Waals surface area contributed by atoms with Crippen molar-refractivity contribution in [3.8, 4) is 11.3 Å². The fourth-order valence-electron chi connectivity index (χ4n) is 4.44. The first kappa shape index (κ1) is 19.9. The van der Waals surface area contributed by atoms with Crippen molar-refractivity contribution in [1.82, 2.24) is 29.0 Å². The van der Waals surface area contributed by atoms with E-state index in [4.69, 9.17) is 15.1 Å². The Labute approximate surface area is 183 Å². The largest absolute Gasteiger partial charge is 0.333 e. The molecule has 0 amide bonds. The number of hydrogen-bond donors (Lipinski definition) is 0. The van der Waals surface area contributed by atoms with Gasteiger partial charge >= 0.3 is 0 Å². The van der Waals surface area contributed by atoms with Gasteiger partial charge in [-0.25, -0.2) is 14.5 Å². The molecule has 6 heteroatoms. The van der Waals surface area contributed by atoms with Crippen LogP contribution >= 0.6 is 0 Å². The Morgan fingerprint density at radius 3 is 2.48 bits per heavy atom. The number of pyridine rings is 1. The predicted octanol–water partition coefficient (Wildman–Crippen LogP) is 4.17. The lowest BCUT2D eigenvalue weighted by Crippen LogP contribution is -2.32. The second-order valence-electron chi connectivity index (χ2n) is 8.47. The van der Waals surface area contributed by atoms with Gasteiger partial charge in [-0.3, -0.25) is 0 Å². The summed E-state index contributed by atoms with van der Waals surface area (Å²) in [5.41, 5.74) is 4.23. The molecular formula is C25H30N6. The van der Waals surface area contributed by atoms with Crippen LogP contribution < -0.4 is 0 Å². The van der Waals surface area contributed by atoms with Gasteiger partial charge in [-0.15, -0.1) is 0 Å². The number of piperidine rings is 1. The zero-order valence-electron chi connectivity index (χ0n) is 18.2. The quantitative estimate of drug-likeness (QED) is 0.455. The van der Waals surface area contributed by atoms with Crippen LogP contribution in [-0.4, -0.2) is 48.7 Å². The number of hydrogen-bond acceptors (Lipinski definition) is 4. The van der Waals surface area contributed by atoms with Crippen molar-refractivity contribution < 1.29 is 0 Å². The normalized spacial score (nSPS) is 15.0. The van der Waals surface area contributed by atoms with Gasteiger partial charge < -0.3 is 9.47 Å². The van der Waals surface area contributed by atoms with Gasteiger partial charge in [0.25, 0.3) is 0 Å². The molecule has 0 saturated carbocycles. The summed E-state index contributed by atoms with van der Waals surface area (Å²) in [5, 5.41) is 4.70. The van der Waals surface area contributed by atoms with Gasteiger partial charge in [0.2, 0.25) is 0 Å². The predicted molar refractivity (Wildman–Crippen MR) is 123 cm³/mol. The lowest BCUT2D eigenvalue weighted by Gasteiger charge is -2.26. The zero-order chi connectivity index (χ0) is 21.0. The number of rotatable bonds is 7. The molecule has 4 aromatic rings. The summed E-state index contributed by atoms with van der Waals surface area (Å²) in [6, 6.07) is 16.6. The van der Waals surface area contributed by atoms with Gasteiger partial charge in [-0.1, -0.05) is 42.8 Å². The van der Waals surface area contributed by atoms with E-state index in [-0.39, 0.29) is 0 Å². The molecular weight excluding hydrogens is 384 g/mol. The van der Waals surface area contributed by atoms with E-state index in [0.29, 0.717) is 0 Å². The summed E-state index contributed by atoms with van der Waals surface area (Å²) in [5.74, 6) is 1.99. The molecule has 0 spiro atoms. The van der Waals surface area contributed by atoms with Crippen LogP contribution in [-0.2, 0) is 19.4 Å². The van der Waals surface area contributed by atoms with E-state index < -0.39 is 0 Å². The van der Waals surface area contributed by atoms with Gasteiger partial charge in [0.1, 0.15) is 5.82 Å². The van der Waals surface area contributed by atoms with E-state index >= 15 is 0 Å². The third-order valence-corrected chi connectivity index (χ3v) is 6.20. The molecule has 0 bridgehead atoms. The summed E-state index contributed by atoms with van der Waals surface area (Å²) in [4.78, 5) is 12.3. The highest BCUT2D eigenvalue weighted by Crippen LogP contribution is 2.20. The van der Waals surface area contributed by atoms with Crippen molar-refractivity contribution in [3.63, 3.8) is 0 Å². The Bertz CT molecular complexity index is 1140. The summed E-state index contributed by atoms with van der Waals surface area (Å²) < 4.78 is 4.27. The zero-order valence-corrected chi connectivity index (χ0v) is 18.2. The maximum absolute atomic E-state index is 5.01. The number of aryl methyl sites for hydroxylation is 3. The molecule has 5 rings (SSSR count). The molecule has 0 N–H and O–H groups in total. The molecule has 6 nitrogen and oxygen atoms in total. The number of fused-ring (bicyclic) bond motifs is 1. The van der Waals surface area contributed by atoms with E-state index in [1.165, 1.54) is 37.9 Å². The minimum absolute atomic E-state index is 0.788. The van der Waals surface area contributed by atoms with Gasteiger partial charge in [-0.2, -0.15) is 5.10 Å². The summed E-state index contributed by atoms with van der Waals surface area (Å²) in [7, 11) is 0. The number of aromatic nitrogens is 5. The average molecular weight is 415 g/mol. The third kappa shape index (κ3) is 4.54. The smallest absolute Gasteiger partial charge is 0.155 e. The molecule has 160 valence electrons. The molecule has 1 aliphatic heterocycles. The first-order chi connectivity index (χ1) is 15.3. The van der Waals surface area contributed by atoms with E-state index in [0.717, 1.165) is 54.6 Å². The molecule has 3 aromatic heterocycles.